The summed E-state index contributed by atoms with van der Waals surface area (Å²) in [4.78, 5) is 13.5. The van der Waals surface area contributed by atoms with Crippen molar-refractivity contribution in [3.63, 3.8) is 0 Å². The van der Waals surface area contributed by atoms with E-state index in [2.05, 4.69) is 134 Å². The standard InChI is InChI=1S/C29H30FNO2Si.C22H23F2NOSi.C13H12FNO2.C6H5F2NO/c1-29(2,3)34(25-15-9-5-10-16-25,26-17-11-6-12-18-26)33-22-24-19-27(30)31-28(20-24)32-21-23-13-7-4-8-14-23;1-22(2,3)27(18-10-6-4-7-11-18,19-12-8-5-9-13-19)26-16-17-14-20(23)25-21(24)15-17;14-12-6-11(8-16)7-13(15-12)17-9-10-4-2-1-3-5-10;7-5-1-4(3-10)2-6(8)9-5/h4-20H,21-22H2,1-3H3;4-15H,16H2,1-3H3;1-7,16H,8-9H2;1-2,10H,3H2. The predicted molar refractivity (Wildman–Crippen MR) is 335 cm³/mol. The van der Waals surface area contributed by atoms with Crippen molar-refractivity contribution in [2.45, 2.75) is 91.3 Å². The average molecular weight is 1230 g/mol. The normalized spacial score (nSPS) is 11.4. The molecular weight excluding hydrogens is 1160 g/mol. The van der Waals surface area contributed by atoms with Crippen LogP contribution in [0.3, 0.4) is 0 Å². The maximum atomic E-state index is 14.4. The van der Waals surface area contributed by atoms with Crippen LogP contribution in [0.1, 0.15) is 74.9 Å². The number of pyridine rings is 4. The number of aliphatic hydroxyl groups excluding tert-OH is 2. The molecule has 0 saturated heterocycles. The monoisotopic (exact) mass is 1230 g/mol. The number of hydrogen-bond donors (Lipinski definition) is 2. The zero-order valence-electron chi connectivity index (χ0n) is 49.8. The van der Waals surface area contributed by atoms with Crippen LogP contribution >= 0.6 is 0 Å². The third-order valence-electron chi connectivity index (χ3n) is 13.9. The third-order valence-corrected chi connectivity index (χ3v) is 23.8. The fraction of sp³-hybridized carbons (Fsp3) is 0.200. The van der Waals surface area contributed by atoms with Crippen LogP contribution in [0.15, 0.2) is 231 Å². The zero-order valence-corrected chi connectivity index (χ0v) is 51.8. The Morgan fingerprint density at radius 1 is 0.307 bits per heavy atom. The summed E-state index contributed by atoms with van der Waals surface area (Å²) in [5, 5.41) is 21.6. The molecule has 456 valence electrons. The predicted octanol–water partition coefficient (Wildman–Crippen LogP) is 13.5. The van der Waals surface area contributed by atoms with Crippen LogP contribution < -0.4 is 30.2 Å². The second-order valence-corrected chi connectivity index (χ2v) is 30.9. The van der Waals surface area contributed by atoms with Gasteiger partial charge in [0.2, 0.25) is 47.4 Å². The van der Waals surface area contributed by atoms with Crippen molar-refractivity contribution in [2.24, 2.45) is 0 Å². The molecule has 0 aliphatic carbocycles. The van der Waals surface area contributed by atoms with E-state index in [0.717, 1.165) is 33.6 Å². The second kappa shape index (κ2) is 31.8. The van der Waals surface area contributed by atoms with Gasteiger partial charge in [0, 0.05) is 12.1 Å². The highest BCUT2D eigenvalue weighted by Crippen LogP contribution is 2.39. The lowest BCUT2D eigenvalue weighted by Crippen LogP contribution is -2.66. The van der Waals surface area contributed by atoms with E-state index in [1.54, 1.807) is 6.07 Å². The average Bonchev–Trinajstić information content (AvgIpc) is 1.14. The molecule has 88 heavy (non-hydrogen) atoms. The summed E-state index contributed by atoms with van der Waals surface area (Å²) in [6.07, 6.45) is 0. The smallest absolute Gasteiger partial charge is 0.261 e. The quantitative estimate of drug-likeness (QED) is 0.0487. The molecule has 0 atom stereocenters. The van der Waals surface area contributed by atoms with Crippen molar-refractivity contribution >= 4 is 37.4 Å². The van der Waals surface area contributed by atoms with Crippen molar-refractivity contribution in [2.75, 3.05) is 0 Å². The minimum Gasteiger partial charge on any atom is -0.473 e. The third kappa shape index (κ3) is 18.7. The van der Waals surface area contributed by atoms with Crippen LogP contribution in [-0.4, -0.2) is 46.8 Å². The fourth-order valence-electron chi connectivity index (χ4n) is 9.94. The Labute approximate surface area is 512 Å². The van der Waals surface area contributed by atoms with Gasteiger partial charge in [0.25, 0.3) is 16.6 Å². The molecule has 10 rings (SSSR count). The summed E-state index contributed by atoms with van der Waals surface area (Å²) in [6, 6.07) is 70.7. The number of ether oxygens (including phenoxy) is 2. The first-order valence-electron chi connectivity index (χ1n) is 28.2. The molecule has 4 heterocycles. The number of benzene rings is 6. The molecule has 0 aliphatic heterocycles. The number of aromatic nitrogens is 4. The first-order valence-corrected chi connectivity index (χ1v) is 32.0. The number of hydrogen-bond acceptors (Lipinski definition) is 10. The van der Waals surface area contributed by atoms with E-state index in [0.29, 0.717) is 29.9 Å². The van der Waals surface area contributed by atoms with E-state index in [9.17, 15) is 26.3 Å². The van der Waals surface area contributed by atoms with Gasteiger partial charge in [-0.05, 0) is 101 Å². The SMILES string of the molecule is CC(C)(C)[Si](OCc1cc(F)nc(F)c1)(c1ccccc1)c1ccccc1.CC(C)(C)[Si](OCc1cc(F)nc(OCc2ccccc2)c1)(c1ccccc1)c1ccccc1.OCc1cc(F)nc(F)c1.OCc1cc(F)nc(OCc2ccccc2)c1. The van der Waals surface area contributed by atoms with Crippen molar-refractivity contribution in [3.8, 4) is 11.8 Å². The lowest BCUT2D eigenvalue weighted by molar-refractivity contribution is 0.271. The molecule has 18 heteroatoms. The van der Waals surface area contributed by atoms with Crippen molar-refractivity contribution in [1.29, 1.82) is 0 Å². The van der Waals surface area contributed by atoms with E-state index in [4.69, 9.17) is 28.5 Å². The molecule has 10 aromatic rings. The van der Waals surface area contributed by atoms with Gasteiger partial charge in [0.1, 0.15) is 13.2 Å². The second-order valence-electron chi connectivity index (χ2n) is 22.3. The van der Waals surface area contributed by atoms with E-state index in [-0.39, 0.29) is 53.8 Å². The Morgan fingerprint density at radius 2 is 0.545 bits per heavy atom. The molecule has 0 amide bonds. The molecule has 0 aliphatic rings. The van der Waals surface area contributed by atoms with Crippen LogP contribution in [0.5, 0.6) is 11.8 Å². The van der Waals surface area contributed by atoms with Gasteiger partial charge in [-0.3, -0.25) is 0 Å². The van der Waals surface area contributed by atoms with Gasteiger partial charge < -0.3 is 28.5 Å². The van der Waals surface area contributed by atoms with Gasteiger partial charge in [-0.15, -0.1) is 0 Å². The Kier molecular flexibility index (Phi) is 24.2. The molecule has 4 aromatic heterocycles. The minimum absolute atomic E-state index is 0.115. The number of halogens is 6. The highest BCUT2D eigenvalue weighted by atomic mass is 28.4. The first kappa shape index (κ1) is 66.9. The van der Waals surface area contributed by atoms with Crippen molar-refractivity contribution in [3.05, 3.63) is 300 Å². The molecule has 0 fully saturated rings. The van der Waals surface area contributed by atoms with Crippen molar-refractivity contribution in [1.82, 2.24) is 19.9 Å². The Hall–Kier alpha value is -8.63. The van der Waals surface area contributed by atoms with E-state index >= 15 is 0 Å². The van der Waals surface area contributed by atoms with Crippen LogP contribution in [-0.2, 0) is 48.5 Å². The number of rotatable bonds is 18. The minimum atomic E-state index is -2.73. The largest absolute Gasteiger partial charge is 0.473 e. The van der Waals surface area contributed by atoms with Gasteiger partial charge >= 0.3 is 0 Å². The molecule has 2 N–H and O–H groups in total. The number of nitrogens with zero attached hydrogens (tertiary/aromatic N) is 4. The highest BCUT2D eigenvalue weighted by Gasteiger charge is 2.51. The first-order chi connectivity index (χ1) is 42.2. The van der Waals surface area contributed by atoms with Crippen LogP contribution in [0.4, 0.5) is 26.3 Å². The van der Waals surface area contributed by atoms with Gasteiger partial charge in [0.15, 0.2) is 0 Å². The Bertz CT molecular complexity index is 3610. The molecule has 0 radical (unpaired) electrons. The van der Waals surface area contributed by atoms with Gasteiger partial charge in [-0.2, -0.15) is 46.3 Å². The summed E-state index contributed by atoms with van der Waals surface area (Å²) in [7, 11) is -5.45. The molecule has 10 nitrogen and oxygen atoms in total. The molecule has 0 unspecified atom stereocenters. The number of aliphatic hydroxyl groups is 2. The van der Waals surface area contributed by atoms with E-state index in [1.807, 2.05) is 109 Å². The molecule has 0 bridgehead atoms. The van der Waals surface area contributed by atoms with Crippen LogP contribution in [0, 0.1) is 35.7 Å². The Morgan fingerprint density at radius 3 is 0.830 bits per heavy atom. The summed E-state index contributed by atoms with van der Waals surface area (Å²) in [5.74, 6) is -4.30. The van der Waals surface area contributed by atoms with E-state index in [1.165, 1.54) is 40.7 Å². The highest BCUT2D eigenvalue weighted by molar-refractivity contribution is 7.00. The molecular formula is C70H70F6N4O6Si2. The topological polar surface area (TPSA) is 129 Å². The van der Waals surface area contributed by atoms with Crippen LogP contribution in [0.25, 0.3) is 0 Å². The lowest BCUT2D eigenvalue weighted by Gasteiger charge is -2.43. The van der Waals surface area contributed by atoms with Gasteiger partial charge in [-0.1, -0.05) is 224 Å². The summed E-state index contributed by atoms with van der Waals surface area (Å²) < 4.78 is 104. The molecule has 0 spiro atoms. The lowest BCUT2D eigenvalue weighted by atomic mass is 10.2. The fourth-order valence-corrected chi connectivity index (χ4v) is 19.0. The Balaban J connectivity index is 0.000000181. The molecule has 0 saturated carbocycles. The molecule has 6 aromatic carbocycles. The maximum Gasteiger partial charge on any atom is 0.261 e. The van der Waals surface area contributed by atoms with E-state index < -0.39 is 52.3 Å². The summed E-state index contributed by atoms with van der Waals surface area (Å²) in [5.41, 5.74) is 3.74. The van der Waals surface area contributed by atoms with Crippen molar-refractivity contribution < 1.29 is 54.9 Å². The van der Waals surface area contributed by atoms with Gasteiger partial charge in [0.05, 0.1) is 26.4 Å². The summed E-state index contributed by atoms with van der Waals surface area (Å²) in [6.45, 7) is 13.6. The summed E-state index contributed by atoms with van der Waals surface area (Å²) >= 11 is 0. The van der Waals surface area contributed by atoms with Gasteiger partial charge in [-0.25, -0.2) is 0 Å². The van der Waals surface area contributed by atoms with Crippen LogP contribution in [0.2, 0.25) is 10.1 Å². The zero-order chi connectivity index (χ0) is 63.2. The maximum absolute atomic E-state index is 14.4.